The van der Waals surface area contributed by atoms with Gasteiger partial charge in [0.15, 0.2) is 0 Å². The van der Waals surface area contributed by atoms with Crippen molar-refractivity contribution < 1.29 is 0 Å². The van der Waals surface area contributed by atoms with Crippen LogP contribution in [0.25, 0.3) is 0 Å². The quantitative estimate of drug-likeness (QED) is 0.509. The van der Waals surface area contributed by atoms with Gasteiger partial charge in [0, 0.05) is 4.48 Å². The lowest BCUT2D eigenvalue weighted by atomic mass is 10.1. The molecule has 0 heterocycles. The van der Waals surface area contributed by atoms with Gasteiger partial charge >= 0.3 is 0 Å². The third-order valence-electron chi connectivity index (χ3n) is 1.44. The summed E-state index contributed by atoms with van der Waals surface area (Å²) in [4.78, 5) is 0. The van der Waals surface area contributed by atoms with Crippen LogP contribution >= 0.6 is 15.9 Å². The molecular weight excluding hydrogens is 202 g/mol. The molecule has 0 aliphatic rings. The highest BCUT2D eigenvalue weighted by Gasteiger charge is 1.94. The molecule has 0 unspecified atom stereocenters. The molecule has 0 bridgehead atoms. The topological polar surface area (TPSA) is 23.8 Å². The van der Waals surface area contributed by atoms with Crippen LogP contribution in [0.15, 0.2) is 21.7 Å². The van der Waals surface area contributed by atoms with Crippen LogP contribution < -0.4 is 0 Å². The number of hydrogen-bond donors (Lipinski definition) is 0. The van der Waals surface area contributed by atoms with Gasteiger partial charge in [0.2, 0.25) is 0 Å². The molecular formula is C9H12BrN. The van der Waals surface area contributed by atoms with Crippen molar-refractivity contribution in [3.8, 4) is 6.07 Å². The number of nitriles is 1. The molecule has 0 atom stereocenters. The van der Waals surface area contributed by atoms with E-state index >= 15 is 0 Å². The second-order valence-electron chi connectivity index (χ2n) is 2.40. The molecule has 0 radical (unpaired) electrons. The second-order valence-corrected chi connectivity index (χ2v) is 3.59. The summed E-state index contributed by atoms with van der Waals surface area (Å²) >= 11 is 3.27. The van der Waals surface area contributed by atoms with Crippen LogP contribution in [0.5, 0.6) is 0 Å². The Labute approximate surface area is 76.5 Å². The summed E-state index contributed by atoms with van der Waals surface area (Å²) in [5.74, 6) is 0. The maximum atomic E-state index is 8.66. The van der Waals surface area contributed by atoms with Gasteiger partial charge in [-0.1, -0.05) is 28.4 Å². The monoisotopic (exact) mass is 213 g/mol. The molecule has 0 aromatic heterocycles. The maximum Gasteiger partial charge on any atom is 0.0999 e. The van der Waals surface area contributed by atoms with E-state index in [0.29, 0.717) is 5.57 Å². The first-order chi connectivity index (χ1) is 5.11. The first-order valence-corrected chi connectivity index (χ1v) is 4.34. The van der Waals surface area contributed by atoms with Crippen molar-refractivity contribution in [1.29, 1.82) is 5.26 Å². The van der Waals surface area contributed by atoms with E-state index in [0.717, 1.165) is 10.9 Å². The summed E-state index contributed by atoms with van der Waals surface area (Å²) < 4.78 is 0.896. The van der Waals surface area contributed by atoms with Crippen molar-refractivity contribution in [1.82, 2.24) is 0 Å². The number of allylic oxidation sites excluding steroid dienone is 4. The standard InChI is InChI=1S/C9H12BrN/c1-4-7(2)5-9(6-11)8(3)10/h5H,4H2,1-3H3. The van der Waals surface area contributed by atoms with Crippen LogP contribution in [0.2, 0.25) is 0 Å². The Kier molecular flexibility index (Phi) is 4.89. The van der Waals surface area contributed by atoms with Crippen molar-refractivity contribution in [3.05, 3.63) is 21.7 Å². The van der Waals surface area contributed by atoms with E-state index in [-0.39, 0.29) is 0 Å². The molecule has 0 N–H and O–H groups in total. The minimum atomic E-state index is 0.712. The Balaban J connectivity index is 4.62. The highest BCUT2D eigenvalue weighted by Crippen LogP contribution is 2.14. The van der Waals surface area contributed by atoms with Gasteiger partial charge in [0.05, 0.1) is 11.6 Å². The van der Waals surface area contributed by atoms with E-state index in [4.69, 9.17) is 5.26 Å². The van der Waals surface area contributed by atoms with E-state index in [1.54, 1.807) is 0 Å². The fourth-order valence-electron chi connectivity index (χ4n) is 0.557. The molecule has 60 valence electrons. The predicted molar refractivity (Wildman–Crippen MR) is 51.3 cm³/mol. The largest absolute Gasteiger partial charge is 0.192 e. The minimum Gasteiger partial charge on any atom is -0.192 e. The molecule has 2 heteroatoms. The molecule has 0 amide bonds. The van der Waals surface area contributed by atoms with E-state index in [1.165, 1.54) is 5.57 Å². The Morgan fingerprint density at radius 3 is 2.36 bits per heavy atom. The van der Waals surface area contributed by atoms with E-state index in [1.807, 2.05) is 19.9 Å². The van der Waals surface area contributed by atoms with Gasteiger partial charge in [-0.3, -0.25) is 0 Å². The van der Waals surface area contributed by atoms with Crippen LogP contribution in [0.3, 0.4) is 0 Å². The zero-order valence-electron chi connectivity index (χ0n) is 7.11. The van der Waals surface area contributed by atoms with Crippen LogP contribution in [-0.4, -0.2) is 0 Å². The normalized spacial score (nSPS) is 13.9. The summed E-state index contributed by atoms with van der Waals surface area (Å²) in [5.41, 5.74) is 1.93. The highest BCUT2D eigenvalue weighted by atomic mass is 79.9. The summed E-state index contributed by atoms with van der Waals surface area (Å²) in [6.07, 6.45) is 2.90. The zero-order chi connectivity index (χ0) is 8.85. The molecule has 0 saturated heterocycles. The Bertz CT molecular complexity index is 226. The number of rotatable bonds is 2. The number of halogens is 1. The molecule has 0 aromatic carbocycles. The Hall–Kier alpha value is -0.550. The molecule has 0 aliphatic heterocycles. The molecule has 0 saturated carbocycles. The SMILES string of the molecule is CCC(C)=CC(C#N)=C(C)Br. The van der Waals surface area contributed by atoms with Crippen LogP contribution in [0.4, 0.5) is 0 Å². The van der Waals surface area contributed by atoms with Crippen molar-refractivity contribution in [3.63, 3.8) is 0 Å². The summed E-state index contributed by atoms with van der Waals surface area (Å²) in [5, 5.41) is 8.66. The van der Waals surface area contributed by atoms with Crippen molar-refractivity contribution in [2.24, 2.45) is 0 Å². The van der Waals surface area contributed by atoms with E-state index in [9.17, 15) is 0 Å². The van der Waals surface area contributed by atoms with Crippen molar-refractivity contribution in [2.45, 2.75) is 27.2 Å². The lowest BCUT2D eigenvalue weighted by Gasteiger charge is -1.94. The third kappa shape index (κ3) is 4.00. The Morgan fingerprint density at radius 1 is 1.55 bits per heavy atom. The van der Waals surface area contributed by atoms with Gasteiger partial charge in [0.25, 0.3) is 0 Å². The molecule has 0 rings (SSSR count). The third-order valence-corrected chi connectivity index (χ3v) is 1.87. The summed E-state index contributed by atoms with van der Waals surface area (Å²) in [6, 6.07) is 2.12. The molecule has 0 fully saturated rings. The number of nitrogens with zero attached hydrogens (tertiary/aromatic N) is 1. The van der Waals surface area contributed by atoms with E-state index in [2.05, 4.69) is 28.9 Å². The first kappa shape index (κ1) is 10.4. The first-order valence-electron chi connectivity index (χ1n) is 3.55. The molecule has 1 nitrogen and oxygen atoms in total. The van der Waals surface area contributed by atoms with Gasteiger partial charge in [-0.2, -0.15) is 5.26 Å². The van der Waals surface area contributed by atoms with Gasteiger partial charge < -0.3 is 0 Å². The van der Waals surface area contributed by atoms with Gasteiger partial charge in [-0.25, -0.2) is 0 Å². The molecule has 0 aliphatic carbocycles. The minimum absolute atomic E-state index is 0.712. The van der Waals surface area contributed by atoms with Crippen LogP contribution in [0.1, 0.15) is 27.2 Å². The second kappa shape index (κ2) is 5.15. The average Bonchev–Trinajstić information content (AvgIpc) is 1.99. The lowest BCUT2D eigenvalue weighted by Crippen LogP contribution is -1.78. The zero-order valence-corrected chi connectivity index (χ0v) is 8.70. The van der Waals surface area contributed by atoms with Crippen molar-refractivity contribution in [2.75, 3.05) is 0 Å². The summed E-state index contributed by atoms with van der Waals surface area (Å²) in [6.45, 7) is 5.97. The average molecular weight is 214 g/mol. The lowest BCUT2D eigenvalue weighted by molar-refractivity contribution is 1.10. The molecule has 11 heavy (non-hydrogen) atoms. The van der Waals surface area contributed by atoms with Gasteiger partial charge in [-0.15, -0.1) is 0 Å². The fraction of sp³-hybridized carbons (Fsp3) is 0.444. The fourth-order valence-corrected chi connectivity index (χ4v) is 0.760. The predicted octanol–water partition coefficient (Wildman–Crippen LogP) is 3.54. The highest BCUT2D eigenvalue weighted by molar-refractivity contribution is 9.11. The Morgan fingerprint density at radius 2 is 2.09 bits per heavy atom. The number of hydrogen-bond acceptors (Lipinski definition) is 1. The van der Waals surface area contributed by atoms with Crippen LogP contribution in [0, 0.1) is 11.3 Å². The van der Waals surface area contributed by atoms with Gasteiger partial charge in [-0.05, 0) is 26.3 Å². The van der Waals surface area contributed by atoms with Crippen molar-refractivity contribution >= 4 is 15.9 Å². The van der Waals surface area contributed by atoms with Gasteiger partial charge in [0.1, 0.15) is 0 Å². The smallest absolute Gasteiger partial charge is 0.0999 e. The van der Waals surface area contributed by atoms with Crippen LogP contribution in [-0.2, 0) is 0 Å². The summed E-state index contributed by atoms with van der Waals surface area (Å²) in [7, 11) is 0. The molecule has 0 aromatic rings. The molecule has 0 spiro atoms. The van der Waals surface area contributed by atoms with E-state index < -0.39 is 0 Å². The maximum absolute atomic E-state index is 8.66.